The van der Waals surface area contributed by atoms with E-state index in [1.807, 2.05) is 0 Å². The van der Waals surface area contributed by atoms with Gasteiger partial charge in [0.15, 0.2) is 0 Å². The van der Waals surface area contributed by atoms with Gasteiger partial charge in [-0.3, -0.25) is 0 Å². The van der Waals surface area contributed by atoms with Crippen molar-refractivity contribution in [2.24, 2.45) is 0 Å². The predicted octanol–water partition coefficient (Wildman–Crippen LogP) is 6.00. The van der Waals surface area contributed by atoms with Crippen molar-refractivity contribution in [3.05, 3.63) is 75.9 Å². The van der Waals surface area contributed by atoms with Crippen LogP contribution in [0.25, 0.3) is 22.0 Å². The lowest BCUT2D eigenvalue weighted by Gasteiger charge is -2.12. The Morgan fingerprint density at radius 1 is 0.912 bits per heavy atom. The van der Waals surface area contributed by atoms with E-state index in [1.165, 1.54) is 43.6 Å². The van der Waals surface area contributed by atoms with Crippen LogP contribution < -0.4 is 8.92 Å². The molecular formula is C21H9BrF6N2O3S. The molecule has 5 nitrogen and oxygen atoms in total. The van der Waals surface area contributed by atoms with Crippen molar-refractivity contribution in [2.45, 2.75) is 4.90 Å². The first-order valence-electron chi connectivity index (χ1n) is 9.04. The fraction of sp³-hybridized carbons (Fsp3) is 0.0476. The number of fused-ring (bicyclic) bond motifs is 1. The second-order valence-electron chi connectivity index (χ2n) is 6.63. The lowest BCUT2D eigenvalue weighted by molar-refractivity contribution is 0.352. The van der Waals surface area contributed by atoms with Crippen LogP contribution in [0.15, 0.2) is 45.9 Å². The number of methoxy groups -OCH3 is 1. The molecule has 34 heavy (non-hydrogen) atoms. The highest BCUT2D eigenvalue weighted by Crippen LogP contribution is 2.37. The molecular weight excluding hydrogens is 554 g/mol. The Balaban J connectivity index is 1.76. The fourth-order valence-corrected chi connectivity index (χ4v) is 4.15. The van der Waals surface area contributed by atoms with Gasteiger partial charge in [0.1, 0.15) is 17.3 Å². The van der Waals surface area contributed by atoms with Crippen LogP contribution in [0.2, 0.25) is 0 Å². The maximum atomic E-state index is 14.2. The zero-order chi connectivity index (χ0) is 24.7. The summed E-state index contributed by atoms with van der Waals surface area (Å²) >= 11 is 0.386. The van der Waals surface area contributed by atoms with E-state index < -0.39 is 51.7 Å². The standard InChI is InChI=1S/C21H9BrF6N2O3S/c1-32-14-6-12(22)13(23)5-11(14)20-10-3-2-9(4-8(10)7-29-30-20)34(31)33-21-18(27)16(25)15(24)17(26)19(21)28/h2-7H,1H3. The normalized spacial score (nSPS) is 12.1. The van der Waals surface area contributed by atoms with Gasteiger partial charge in [-0.25, -0.2) is 21.8 Å². The molecule has 0 aliphatic rings. The molecule has 4 aromatic rings. The van der Waals surface area contributed by atoms with Gasteiger partial charge in [-0.15, -0.1) is 5.10 Å². The molecule has 0 radical (unpaired) electrons. The zero-order valence-electron chi connectivity index (χ0n) is 16.6. The number of nitrogens with zero attached hydrogens (tertiary/aromatic N) is 2. The van der Waals surface area contributed by atoms with Gasteiger partial charge in [-0.05, 0) is 40.2 Å². The van der Waals surface area contributed by atoms with E-state index in [4.69, 9.17) is 4.74 Å². The first kappa shape index (κ1) is 24.0. The van der Waals surface area contributed by atoms with Crippen LogP contribution in [-0.2, 0) is 11.1 Å². The van der Waals surface area contributed by atoms with Gasteiger partial charge >= 0.3 is 0 Å². The predicted molar refractivity (Wildman–Crippen MR) is 112 cm³/mol. The Bertz CT molecular complexity index is 1460. The second-order valence-corrected chi connectivity index (χ2v) is 8.59. The van der Waals surface area contributed by atoms with Crippen molar-refractivity contribution in [2.75, 3.05) is 7.11 Å². The molecule has 1 aromatic heterocycles. The third-order valence-corrected chi connectivity index (χ3v) is 6.22. The van der Waals surface area contributed by atoms with E-state index in [0.717, 1.165) is 0 Å². The van der Waals surface area contributed by atoms with Gasteiger partial charge in [-0.1, -0.05) is 6.07 Å². The van der Waals surface area contributed by atoms with Gasteiger partial charge in [0.2, 0.25) is 45.9 Å². The zero-order valence-corrected chi connectivity index (χ0v) is 19.0. The van der Waals surface area contributed by atoms with Crippen molar-refractivity contribution in [3.63, 3.8) is 0 Å². The smallest absolute Gasteiger partial charge is 0.240 e. The highest BCUT2D eigenvalue weighted by molar-refractivity contribution is 9.10. The number of halogens is 7. The molecule has 0 saturated heterocycles. The summed E-state index contributed by atoms with van der Waals surface area (Å²) in [4.78, 5) is -0.177. The third-order valence-electron chi connectivity index (χ3n) is 4.65. The Morgan fingerprint density at radius 3 is 2.21 bits per heavy atom. The van der Waals surface area contributed by atoms with E-state index in [-0.39, 0.29) is 26.4 Å². The number of benzene rings is 3. The maximum Gasteiger partial charge on any atom is 0.240 e. The maximum absolute atomic E-state index is 14.2. The molecule has 13 heteroatoms. The molecule has 1 atom stereocenters. The SMILES string of the molecule is COc1cc(Br)c(F)cc1-c1nncc2cc(S(=O)Oc3c(F)c(F)c(F)c(F)c3F)ccc12. The molecule has 1 heterocycles. The highest BCUT2D eigenvalue weighted by atomic mass is 79.9. The van der Waals surface area contributed by atoms with Crippen LogP contribution in [0.1, 0.15) is 0 Å². The Kier molecular flexibility index (Phi) is 6.49. The number of hydrogen-bond acceptors (Lipinski definition) is 5. The first-order valence-corrected chi connectivity index (χ1v) is 10.9. The van der Waals surface area contributed by atoms with Crippen molar-refractivity contribution < 1.29 is 39.5 Å². The van der Waals surface area contributed by atoms with E-state index in [1.54, 1.807) is 0 Å². The van der Waals surface area contributed by atoms with Crippen molar-refractivity contribution in [3.8, 4) is 22.8 Å². The van der Waals surface area contributed by atoms with Crippen LogP contribution in [0, 0.1) is 34.9 Å². The Hall–Kier alpha value is -3.19. The molecule has 0 aliphatic carbocycles. The number of rotatable bonds is 5. The summed E-state index contributed by atoms with van der Waals surface area (Å²) in [5, 5.41) is 8.55. The van der Waals surface area contributed by atoms with Crippen LogP contribution in [0.3, 0.4) is 0 Å². The van der Waals surface area contributed by atoms with Gasteiger partial charge in [-0.2, -0.15) is 13.9 Å². The van der Waals surface area contributed by atoms with Crippen molar-refractivity contribution in [1.82, 2.24) is 10.2 Å². The molecule has 0 saturated carbocycles. The first-order chi connectivity index (χ1) is 16.1. The minimum atomic E-state index is -2.67. The third kappa shape index (κ3) is 4.09. The summed E-state index contributed by atoms with van der Waals surface area (Å²) in [5.41, 5.74) is 0.464. The molecule has 0 fully saturated rings. The average molecular weight is 563 g/mol. The van der Waals surface area contributed by atoms with Gasteiger partial charge in [0.25, 0.3) is 0 Å². The number of aromatic nitrogens is 2. The lowest BCUT2D eigenvalue weighted by Crippen LogP contribution is -2.09. The van der Waals surface area contributed by atoms with E-state index in [0.29, 0.717) is 10.8 Å². The largest absolute Gasteiger partial charge is 0.496 e. The molecule has 176 valence electrons. The average Bonchev–Trinajstić information content (AvgIpc) is 2.84. The summed E-state index contributed by atoms with van der Waals surface area (Å²) in [5.74, 6) is -13.4. The van der Waals surface area contributed by atoms with Crippen LogP contribution in [-0.4, -0.2) is 21.5 Å². The number of ether oxygens (including phenoxy) is 1. The molecule has 0 bridgehead atoms. The summed E-state index contributed by atoms with van der Waals surface area (Å²) in [6.45, 7) is 0. The van der Waals surface area contributed by atoms with Crippen molar-refractivity contribution in [1.29, 1.82) is 0 Å². The Morgan fingerprint density at radius 2 is 1.56 bits per heavy atom. The summed E-state index contributed by atoms with van der Waals surface area (Å²) in [6, 6.07) is 6.43. The summed E-state index contributed by atoms with van der Waals surface area (Å²) in [7, 11) is 1.37. The van der Waals surface area contributed by atoms with Crippen molar-refractivity contribution >= 4 is 37.8 Å². The molecule has 0 amide bonds. The van der Waals surface area contributed by atoms with E-state index in [2.05, 4.69) is 30.3 Å². The lowest BCUT2D eigenvalue weighted by atomic mass is 10.0. The Labute approximate surface area is 198 Å². The molecule has 0 aliphatic heterocycles. The summed E-state index contributed by atoms with van der Waals surface area (Å²) < 4.78 is 104. The van der Waals surface area contributed by atoms with Crippen LogP contribution >= 0.6 is 15.9 Å². The minimum Gasteiger partial charge on any atom is -0.496 e. The molecule has 0 spiro atoms. The highest BCUT2D eigenvalue weighted by Gasteiger charge is 2.29. The molecule has 1 unspecified atom stereocenters. The monoisotopic (exact) mass is 562 g/mol. The van der Waals surface area contributed by atoms with Gasteiger partial charge in [0.05, 0.1) is 22.7 Å². The minimum absolute atomic E-state index is 0.157. The van der Waals surface area contributed by atoms with Crippen LogP contribution in [0.5, 0.6) is 11.5 Å². The second kappa shape index (κ2) is 9.22. The van der Waals surface area contributed by atoms with Gasteiger partial charge < -0.3 is 8.92 Å². The number of hydrogen-bond donors (Lipinski definition) is 0. The van der Waals surface area contributed by atoms with E-state index in [9.17, 15) is 30.6 Å². The fourth-order valence-electron chi connectivity index (χ4n) is 3.03. The summed E-state index contributed by atoms with van der Waals surface area (Å²) in [6.07, 6.45) is 1.26. The molecule has 4 rings (SSSR count). The quantitative estimate of drug-likeness (QED) is 0.169. The molecule has 3 aromatic carbocycles. The topological polar surface area (TPSA) is 61.3 Å². The van der Waals surface area contributed by atoms with Crippen LogP contribution in [0.4, 0.5) is 26.3 Å². The van der Waals surface area contributed by atoms with E-state index >= 15 is 0 Å². The van der Waals surface area contributed by atoms with Gasteiger partial charge in [0, 0.05) is 16.3 Å². The molecule has 0 N–H and O–H groups in total.